The number of halogens is 1. The van der Waals surface area contributed by atoms with Gasteiger partial charge >= 0.3 is 0 Å². The molecule has 1 aromatic heterocycles. The molecule has 6 heteroatoms. The van der Waals surface area contributed by atoms with Gasteiger partial charge in [-0.15, -0.1) is 11.3 Å². The smallest absolute Gasteiger partial charge is 0.185 e. The van der Waals surface area contributed by atoms with Crippen LogP contribution in [-0.4, -0.2) is 50.2 Å². The van der Waals surface area contributed by atoms with Crippen molar-refractivity contribution < 1.29 is 4.74 Å². The third-order valence-corrected chi connectivity index (χ3v) is 4.91. The second-order valence-electron chi connectivity index (χ2n) is 5.15. The van der Waals surface area contributed by atoms with E-state index in [2.05, 4.69) is 22.2 Å². The fourth-order valence-corrected chi connectivity index (χ4v) is 3.51. The van der Waals surface area contributed by atoms with E-state index in [0.717, 1.165) is 42.6 Å². The molecule has 3 rings (SSSR count). The molecule has 0 unspecified atom stereocenters. The number of thiazole rings is 1. The second-order valence-corrected chi connectivity index (χ2v) is 6.40. The van der Waals surface area contributed by atoms with Gasteiger partial charge in [0.2, 0.25) is 0 Å². The third kappa shape index (κ3) is 3.15. The molecular weight excluding hydrogens is 306 g/mol. The number of aromatic nitrogens is 1. The summed E-state index contributed by atoms with van der Waals surface area (Å²) in [7, 11) is 3.78. The number of hydrogen-bond acceptors (Lipinski definition) is 5. The van der Waals surface area contributed by atoms with E-state index in [0.29, 0.717) is 10.8 Å². The normalized spacial score (nSPS) is 16.2. The van der Waals surface area contributed by atoms with Gasteiger partial charge < -0.3 is 14.5 Å². The lowest BCUT2D eigenvalue weighted by atomic mass is 10.2. The van der Waals surface area contributed by atoms with E-state index < -0.39 is 0 Å². The molecule has 1 fully saturated rings. The minimum absolute atomic E-state index is 0.615. The second kappa shape index (κ2) is 6.22. The van der Waals surface area contributed by atoms with E-state index in [1.165, 1.54) is 0 Å². The maximum absolute atomic E-state index is 6.19. The number of piperazine rings is 1. The Kier molecular flexibility index (Phi) is 4.33. The fraction of sp³-hybridized carbons (Fsp3) is 0.400. The van der Waals surface area contributed by atoms with Crippen LogP contribution in [0.2, 0.25) is 5.02 Å². The van der Waals surface area contributed by atoms with Crippen molar-refractivity contribution in [3.8, 4) is 17.0 Å². The average molecular weight is 324 g/mol. The molecule has 0 N–H and O–H groups in total. The Labute approximate surface area is 133 Å². The number of ether oxygens (including phenoxy) is 1. The van der Waals surface area contributed by atoms with Crippen molar-refractivity contribution in [1.82, 2.24) is 9.88 Å². The molecule has 0 atom stereocenters. The van der Waals surface area contributed by atoms with Crippen molar-refractivity contribution in [3.05, 3.63) is 28.6 Å². The van der Waals surface area contributed by atoms with Crippen LogP contribution in [0.5, 0.6) is 5.75 Å². The van der Waals surface area contributed by atoms with Crippen LogP contribution in [0.1, 0.15) is 0 Å². The van der Waals surface area contributed by atoms with Gasteiger partial charge in [0, 0.05) is 37.1 Å². The van der Waals surface area contributed by atoms with Gasteiger partial charge in [-0.2, -0.15) is 0 Å². The SMILES string of the molecule is COc1ccc(-c2csc(N3CCN(C)CC3)n2)cc1Cl. The molecule has 0 bridgehead atoms. The minimum Gasteiger partial charge on any atom is -0.495 e. The van der Waals surface area contributed by atoms with E-state index in [-0.39, 0.29) is 0 Å². The zero-order valence-corrected chi connectivity index (χ0v) is 13.7. The molecule has 112 valence electrons. The number of hydrogen-bond donors (Lipinski definition) is 0. The predicted octanol–water partition coefficient (Wildman–Crippen LogP) is 3.22. The maximum Gasteiger partial charge on any atom is 0.185 e. The van der Waals surface area contributed by atoms with Crippen molar-refractivity contribution in [3.63, 3.8) is 0 Å². The Hall–Kier alpha value is -1.30. The van der Waals surface area contributed by atoms with Gasteiger partial charge in [-0.25, -0.2) is 4.98 Å². The van der Waals surface area contributed by atoms with E-state index in [1.54, 1.807) is 18.4 Å². The van der Waals surface area contributed by atoms with E-state index in [4.69, 9.17) is 21.3 Å². The topological polar surface area (TPSA) is 28.6 Å². The van der Waals surface area contributed by atoms with Crippen LogP contribution < -0.4 is 9.64 Å². The van der Waals surface area contributed by atoms with Gasteiger partial charge in [0.1, 0.15) is 5.75 Å². The van der Waals surface area contributed by atoms with Crippen LogP contribution in [0, 0.1) is 0 Å². The highest BCUT2D eigenvalue weighted by Crippen LogP contribution is 2.32. The molecule has 0 amide bonds. The number of likely N-dealkylation sites (N-methyl/N-ethyl adjacent to an activating group) is 1. The van der Waals surface area contributed by atoms with Crippen LogP contribution in [0.4, 0.5) is 5.13 Å². The lowest BCUT2D eigenvalue weighted by Crippen LogP contribution is -2.44. The number of benzene rings is 1. The van der Waals surface area contributed by atoms with Crippen LogP contribution in [0.15, 0.2) is 23.6 Å². The molecule has 21 heavy (non-hydrogen) atoms. The summed E-state index contributed by atoms with van der Waals surface area (Å²) in [6.45, 7) is 4.24. The van der Waals surface area contributed by atoms with E-state index in [1.807, 2.05) is 18.2 Å². The molecular formula is C15H18ClN3OS. The highest BCUT2D eigenvalue weighted by molar-refractivity contribution is 7.14. The number of methoxy groups -OCH3 is 1. The van der Waals surface area contributed by atoms with E-state index >= 15 is 0 Å². The van der Waals surface area contributed by atoms with Crippen molar-refractivity contribution in [2.75, 3.05) is 45.2 Å². The monoisotopic (exact) mass is 323 g/mol. The zero-order valence-electron chi connectivity index (χ0n) is 12.2. The first-order valence-corrected chi connectivity index (χ1v) is 8.16. The molecule has 0 aliphatic carbocycles. The van der Waals surface area contributed by atoms with Crippen LogP contribution in [-0.2, 0) is 0 Å². The first kappa shape index (κ1) is 14.6. The summed E-state index contributed by atoms with van der Waals surface area (Å²) in [5, 5.41) is 3.79. The van der Waals surface area contributed by atoms with Gasteiger partial charge in [-0.3, -0.25) is 0 Å². The lowest BCUT2D eigenvalue weighted by molar-refractivity contribution is 0.313. The van der Waals surface area contributed by atoms with Gasteiger partial charge in [0.25, 0.3) is 0 Å². The molecule has 0 radical (unpaired) electrons. The lowest BCUT2D eigenvalue weighted by Gasteiger charge is -2.32. The maximum atomic E-state index is 6.19. The summed E-state index contributed by atoms with van der Waals surface area (Å²) in [6, 6.07) is 5.78. The largest absolute Gasteiger partial charge is 0.495 e. The van der Waals surface area contributed by atoms with Crippen LogP contribution in [0.3, 0.4) is 0 Å². The van der Waals surface area contributed by atoms with E-state index in [9.17, 15) is 0 Å². The molecule has 4 nitrogen and oxygen atoms in total. The molecule has 2 heterocycles. The summed E-state index contributed by atoms with van der Waals surface area (Å²) in [5.74, 6) is 0.690. The summed E-state index contributed by atoms with van der Waals surface area (Å²) >= 11 is 7.88. The predicted molar refractivity (Wildman–Crippen MR) is 88.8 cm³/mol. The van der Waals surface area contributed by atoms with Crippen molar-refractivity contribution in [2.45, 2.75) is 0 Å². The summed E-state index contributed by atoms with van der Waals surface area (Å²) in [5.41, 5.74) is 2.00. The zero-order chi connectivity index (χ0) is 14.8. The first-order chi connectivity index (χ1) is 10.2. The summed E-state index contributed by atoms with van der Waals surface area (Å²) in [4.78, 5) is 9.44. The molecule has 1 aliphatic heterocycles. The van der Waals surface area contributed by atoms with Crippen molar-refractivity contribution in [2.24, 2.45) is 0 Å². The Morgan fingerprint density at radius 2 is 2.00 bits per heavy atom. The van der Waals surface area contributed by atoms with Gasteiger partial charge in [-0.05, 0) is 25.2 Å². The number of nitrogens with zero attached hydrogens (tertiary/aromatic N) is 3. The number of anilines is 1. The Balaban J connectivity index is 1.80. The molecule has 2 aromatic rings. The molecule has 1 saturated heterocycles. The van der Waals surface area contributed by atoms with Crippen molar-refractivity contribution >= 4 is 28.1 Å². The fourth-order valence-electron chi connectivity index (χ4n) is 2.37. The van der Waals surface area contributed by atoms with Crippen molar-refractivity contribution in [1.29, 1.82) is 0 Å². The third-order valence-electron chi connectivity index (χ3n) is 3.71. The van der Waals surface area contributed by atoms with Gasteiger partial charge in [0.15, 0.2) is 5.13 Å². The standard InChI is InChI=1S/C15H18ClN3OS/c1-18-5-7-19(8-6-18)15-17-13(10-21-15)11-3-4-14(20-2)12(16)9-11/h3-4,9-10H,5-8H2,1-2H3. The molecule has 0 saturated carbocycles. The average Bonchev–Trinajstić information content (AvgIpc) is 2.98. The molecule has 1 aromatic carbocycles. The van der Waals surface area contributed by atoms with Gasteiger partial charge in [0.05, 0.1) is 17.8 Å². The van der Waals surface area contributed by atoms with Gasteiger partial charge in [-0.1, -0.05) is 11.6 Å². The Morgan fingerprint density at radius 3 is 2.67 bits per heavy atom. The number of rotatable bonds is 3. The highest BCUT2D eigenvalue weighted by Gasteiger charge is 2.17. The Morgan fingerprint density at radius 1 is 1.24 bits per heavy atom. The van der Waals surface area contributed by atoms with Crippen LogP contribution >= 0.6 is 22.9 Å². The Bertz CT molecular complexity index is 623. The first-order valence-electron chi connectivity index (χ1n) is 6.90. The molecule has 0 spiro atoms. The molecule has 1 aliphatic rings. The minimum atomic E-state index is 0.615. The highest BCUT2D eigenvalue weighted by atomic mass is 35.5. The van der Waals surface area contributed by atoms with Crippen LogP contribution in [0.25, 0.3) is 11.3 Å². The summed E-state index contributed by atoms with van der Waals surface area (Å²) in [6.07, 6.45) is 0. The quantitative estimate of drug-likeness (QED) is 0.867. The summed E-state index contributed by atoms with van der Waals surface area (Å²) < 4.78 is 5.18.